The molecule has 0 spiro atoms. The van der Waals surface area contributed by atoms with Crippen LogP contribution in [0, 0.1) is 5.92 Å². The summed E-state index contributed by atoms with van der Waals surface area (Å²) in [4.78, 5) is 26.2. The molecule has 0 radical (unpaired) electrons. The maximum atomic E-state index is 12.7. The molecule has 1 aromatic carbocycles. The van der Waals surface area contributed by atoms with Crippen molar-refractivity contribution in [2.24, 2.45) is 5.92 Å². The zero-order valence-corrected chi connectivity index (χ0v) is 20.2. The number of nitrogens with one attached hydrogen (secondary N) is 3. The smallest absolute Gasteiger partial charge is 0.241 e. The number of amides is 2. The zero-order chi connectivity index (χ0) is 23.7. The summed E-state index contributed by atoms with van der Waals surface area (Å²) in [5.74, 6) is -0.178. The minimum Gasteiger partial charge on any atom is -0.379 e. The Morgan fingerprint density at radius 3 is 2.22 bits per heavy atom. The quantitative estimate of drug-likeness (QED) is 0.454. The molecule has 1 aromatic rings. The monoisotopic (exact) mass is 468 g/mol. The van der Waals surface area contributed by atoms with Crippen LogP contribution >= 0.6 is 0 Å². The summed E-state index contributed by atoms with van der Waals surface area (Å²) in [5.41, 5.74) is 0.498. The van der Waals surface area contributed by atoms with Crippen molar-refractivity contribution in [2.75, 3.05) is 38.2 Å². The molecule has 0 bridgehead atoms. The lowest BCUT2D eigenvalue weighted by Gasteiger charge is -2.39. The van der Waals surface area contributed by atoms with Gasteiger partial charge in [0.05, 0.1) is 24.2 Å². The van der Waals surface area contributed by atoms with Crippen LogP contribution < -0.4 is 15.4 Å². The highest BCUT2D eigenvalue weighted by Crippen LogP contribution is 2.20. The maximum absolute atomic E-state index is 12.7. The van der Waals surface area contributed by atoms with Gasteiger partial charge in [-0.1, -0.05) is 26.7 Å². The number of carbonyl (C=O) groups excluding carboxylic acids is 2. The van der Waals surface area contributed by atoms with Crippen molar-refractivity contribution in [1.82, 2.24) is 14.9 Å². The number of benzene rings is 1. The van der Waals surface area contributed by atoms with Crippen LogP contribution in [-0.4, -0.2) is 70.1 Å². The molecule has 2 atom stereocenters. The van der Waals surface area contributed by atoms with Gasteiger partial charge in [0.2, 0.25) is 21.8 Å². The molecule has 1 aliphatic rings. The Bertz CT molecular complexity index is 850. The van der Waals surface area contributed by atoms with Crippen LogP contribution in [0.4, 0.5) is 5.69 Å². The normalized spacial score (nSPS) is 17.0. The molecule has 2 rings (SSSR count). The number of ether oxygens (including phenoxy) is 1. The number of morpholine rings is 1. The number of hydrogen-bond acceptors (Lipinski definition) is 6. The van der Waals surface area contributed by atoms with Gasteiger partial charge in [-0.25, -0.2) is 8.42 Å². The van der Waals surface area contributed by atoms with Gasteiger partial charge in [0.25, 0.3) is 0 Å². The lowest BCUT2D eigenvalue weighted by molar-refractivity contribution is -0.122. The predicted molar refractivity (Wildman–Crippen MR) is 124 cm³/mol. The topological polar surface area (TPSA) is 117 Å². The highest BCUT2D eigenvalue weighted by Gasteiger charge is 2.28. The predicted octanol–water partition coefficient (Wildman–Crippen LogP) is 1.57. The number of carbonyl (C=O) groups is 2. The molecular weight excluding hydrogens is 432 g/mol. The molecule has 1 heterocycles. The van der Waals surface area contributed by atoms with E-state index >= 15 is 0 Å². The Morgan fingerprint density at radius 1 is 1.09 bits per heavy atom. The Kier molecular flexibility index (Phi) is 10.1. The average molecular weight is 469 g/mol. The third-order valence-corrected chi connectivity index (χ3v) is 7.36. The molecule has 180 valence electrons. The molecule has 2 amide bonds. The van der Waals surface area contributed by atoms with Gasteiger partial charge >= 0.3 is 0 Å². The minimum absolute atomic E-state index is 0.0227. The van der Waals surface area contributed by atoms with Gasteiger partial charge in [-0.05, 0) is 37.1 Å². The van der Waals surface area contributed by atoms with E-state index in [9.17, 15) is 18.0 Å². The van der Waals surface area contributed by atoms with E-state index in [0.29, 0.717) is 31.4 Å². The zero-order valence-electron chi connectivity index (χ0n) is 19.4. The van der Waals surface area contributed by atoms with Gasteiger partial charge in [0.15, 0.2) is 0 Å². The van der Waals surface area contributed by atoms with Gasteiger partial charge in [-0.3, -0.25) is 14.5 Å². The maximum Gasteiger partial charge on any atom is 0.241 e. The fourth-order valence-electron chi connectivity index (χ4n) is 3.97. The van der Waals surface area contributed by atoms with E-state index in [0.717, 1.165) is 25.9 Å². The first-order valence-electron chi connectivity index (χ1n) is 11.2. The first-order valence-corrected chi connectivity index (χ1v) is 12.7. The van der Waals surface area contributed by atoms with Gasteiger partial charge in [0.1, 0.15) is 0 Å². The second-order valence-electron chi connectivity index (χ2n) is 8.09. The second kappa shape index (κ2) is 12.3. The lowest BCUT2D eigenvalue weighted by Crippen LogP contribution is -2.54. The van der Waals surface area contributed by atoms with Crippen LogP contribution in [0.15, 0.2) is 29.2 Å². The minimum atomic E-state index is -3.88. The Morgan fingerprint density at radius 2 is 1.69 bits per heavy atom. The second-order valence-corrected chi connectivity index (χ2v) is 9.80. The molecular formula is C22H36N4O5S. The van der Waals surface area contributed by atoms with Crippen molar-refractivity contribution < 1.29 is 22.7 Å². The Hall–Kier alpha value is -2.01. The molecule has 3 N–H and O–H groups in total. The number of rotatable bonds is 11. The van der Waals surface area contributed by atoms with E-state index < -0.39 is 16.1 Å². The van der Waals surface area contributed by atoms with Crippen LogP contribution in [0.3, 0.4) is 0 Å². The summed E-state index contributed by atoms with van der Waals surface area (Å²) in [6.07, 6.45) is 2.01. The van der Waals surface area contributed by atoms with Gasteiger partial charge < -0.3 is 15.4 Å². The van der Waals surface area contributed by atoms with Gasteiger partial charge in [-0.2, -0.15) is 4.72 Å². The molecule has 32 heavy (non-hydrogen) atoms. The molecule has 1 unspecified atom stereocenters. The third-order valence-electron chi connectivity index (χ3n) is 5.80. The van der Waals surface area contributed by atoms with E-state index in [1.165, 1.54) is 38.1 Å². The molecule has 0 aromatic heterocycles. The van der Waals surface area contributed by atoms with Crippen LogP contribution in [0.2, 0.25) is 0 Å². The molecule has 1 aliphatic heterocycles. The molecule has 0 saturated carbocycles. The summed E-state index contributed by atoms with van der Waals surface area (Å²) < 4.78 is 33.2. The Labute approximate surface area is 191 Å². The summed E-state index contributed by atoms with van der Waals surface area (Å²) in [5, 5.41) is 5.52. The van der Waals surface area contributed by atoms with Crippen molar-refractivity contribution in [2.45, 2.75) is 57.5 Å². The molecule has 1 fully saturated rings. The standard InChI is InChI=1S/C22H36N4O5S/c1-5-18(6-2)21(26-11-13-31-14-12-26)15-23-22(28)16(3)25-32(29,30)20-9-7-19(8-10-20)24-17(4)27/h7-10,16,18,21,25H,5-6,11-15H2,1-4H3,(H,23,28)(H,24,27)/t16-,21?/m0/s1. The molecule has 10 heteroatoms. The highest BCUT2D eigenvalue weighted by atomic mass is 32.2. The molecule has 0 aliphatic carbocycles. The fourth-order valence-corrected chi connectivity index (χ4v) is 5.17. The summed E-state index contributed by atoms with van der Waals surface area (Å²) in [6.45, 7) is 10.7. The first-order chi connectivity index (χ1) is 15.2. The van der Waals surface area contributed by atoms with Crippen LogP contribution in [0.25, 0.3) is 0 Å². The lowest BCUT2D eigenvalue weighted by atomic mass is 9.92. The largest absolute Gasteiger partial charge is 0.379 e. The number of sulfonamides is 1. The fraction of sp³-hybridized carbons (Fsp3) is 0.636. The van der Waals surface area contributed by atoms with Crippen molar-refractivity contribution in [3.05, 3.63) is 24.3 Å². The van der Waals surface area contributed by atoms with E-state index in [1.54, 1.807) is 0 Å². The van der Waals surface area contributed by atoms with Gasteiger partial charge in [-0.15, -0.1) is 0 Å². The van der Waals surface area contributed by atoms with E-state index in [4.69, 9.17) is 4.74 Å². The number of anilines is 1. The van der Waals surface area contributed by atoms with Crippen molar-refractivity contribution in [3.63, 3.8) is 0 Å². The molecule has 9 nitrogen and oxygen atoms in total. The van der Waals surface area contributed by atoms with Crippen LogP contribution in [-0.2, 0) is 24.3 Å². The van der Waals surface area contributed by atoms with Crippen molar-refractivity contribution in [3.8, 4) is 0 Å². The first kappa shape index (κ1) is 26.2. The Balaban J connectivity index is 1.98. The SMILES string of the molecule is CCC(CC)C(CNC(=O)[C@H](C)NS(=O)(=O)c1ccc(NC(C)=O)cc1)N1CCOCC1. The summed E-state index contributed by atoms with van der Waals surface area (Å²) >= 11 is 0. The van der Waals surface area contributed by atoms with Crippen molar-refractivity contribution >= 4 is 27.5 Å². The number of hydrogen-bond donors (Lipinski definition) is 3. The van der Waals surface area contributed by atoms with E-state index in [2.05, 4.69) is 34.1 Å². The van der Waals surface area contributed by atoms with Crippen LogP contribution in [0.5, 0.6) is 0 Å². The van der Waals surface area contributed by atoms with Gasteiger partial charge in [0, 0.05) is 38.3 Å². The van der Waals surface area contributed by atoms with Crippen LogP contribution in [0.1, 0.15) is 40.5 Å². The summed E-state index contributed by atoms with van der Waals surface area (Å²) in [6, 6.07) is 5.04. The third kappa shape index (κ3) is 7.54. The van der Waals surface area contributed by atoms with E-state index in [-0.39, 0.29) is 22.8 Å². The molecule has 1 saturated heterocycles. The van der Waals surface area contributed by atoms with Crippen molar-refractivity contribution in [1.29, 1.82) is 0 Å². The average Bonchev–Trinajstić information content (AvgIpc) is 2.76. The number of nitrogens with zero attached hydrogens (tertiary/aromatic N) is 1. The highest BCUT2D eigenvalue weighted by molar-refractivity contribution is 7.89. The summed E-state index contributed by atoms with van der Waals surface area (Å²) in [7, 11) is -3.88. The van der Waals surface area contributed by atoms with E-state index in [1.807, 2.05) is 0 Å².